The van der Waals surface area contributed by atoms with E-state index in [-0.39, 0.29) is 0 Å². The van der Waals surface area contributed by atoms with E-state index in [0.29, 0.717) is 55.5 Å². The number of nitrogens with zero attached hydrogens (tertiary/aromatic N) is 3. The summed E-state index contributed by atoms with van der Waals surface area (Å²) in [5.74, 6) is 1.19. The lowest BCUT2D eigenvalue weighted by Gasteiger charge is -2.30. The van der Waals surface area contributed by atoms with Crippen molar-refractivity contribution >= 4 is 11.6 Å². The molecule has 178 valence electrons. The average molecular weight is 464 g/mol. The van der Waals surface area contributed by atoms with Crippen molar-refractivity contribution in [2.75, 3.05) is 27.4 Å². The quantitative estimate of drug-likeness (QED) is 0.353. The second kappa shape index (κ2) is 10.2. The molecule has 0 amide bonds. The van der Waals surface area contributed by atoms with Crippen LogP contribution in [0.5, 0.6) is 5.75 Å². The van der Waals surface area contributed by atoms with Crippen molar-refractivity contribution in [3.8, 4) is 5.75 Å². The monoisotopic (exact) mass is 463 g/mol. The highest BCUT2D eigenvalue weighted by Gasteiger charge is 2.34. The molecule has 3 aromatic rings. The zero-order valence-corrected chi connectivity index (χ0v) is 19.9. The van der Waals surface area contributed by atoms with Crippen molar-refractivity contribution < 1.29 is 18.6 Å². The van der Waals surface area contributed by atoms with Gasteiger partial charge >= 0.3 is 0 Å². The molecule has 0 radical (unpaired) electrons. The lowest BCUT2D eigenvalue weighted by molar-refractivity contribution is -0.0114. The summed E-state index contributed by atoms with van der Waals surface area (Å²) in [6, 6.07) is 17.1. The number of aromatic nitrogens is 2. The maximum Gasteiger partial charge on any atom is 0.242 e. The van der Waals surface area contributed by atoms with Crippen molar-refractivity contribution in [2.45, 2.75) is 32.0 Å². The highest BCUT2D eigenvalue weighted by Crippen LogP contribution is 2.36. The number of methoxy groups -OCH3 is 2. The Hall–Kier alpha value is -3.45. The van der Waals surface area contributed by atoms with Crippen molar-refractivity contribution in [1.82, 2.24) is 9.78 Å². The Balaban J connectivity index is 1.50. The van der Waals surface area contributed by atoms with Gasteiger partial charge in [-0.2, -0.15) is 5.10 Å². The maximum atomic E-state index is 15.2. The predicted molar refractivity (Wildman–Crippen MR) is 131 cm³/mol. The van der Waals surface area contributed by atoms with Gasteiger partial charge in [0.25, 0.3) is 0 Å². The van der Waals surface area contributed by atoms with Crippen LogP contribution in [0.1, 0.15) is 40.9 Å². The molecule has 0 unspecified atom stereocenters. The van der Waals surface area contributed by atoms with E-state index in [9.17, 15) is 0 Å². The highest BCUT2D eigenvalue weighted by atomic mass is 19.1. The van der Waals surface area contributed by atoms with Gasteiger partial charge in [-0.25, -0.2) is 9.38 Å². The number of aryl methyl sites for hydroxylation is 1. The van der Waals surface area contributed by atoms with Crippen molar-refractivity contribution in [3.05, 3.63) is 89.3 Å². The van der Waals surface area contributed by atoms with Crippen LogP contribution in [0, 0.1) is 6.92 Å². The fraction of sp³-hybridized carbons (Fsp3) is 0.333. The molecule has 4 rings (SSSR count). The first-order valence-corrected chi connectivity index (χ1v) is 11.3. The Labute approximate surface area is 199 Å². The number of benzene rings is 2. The Bertz CT molecular complexity index is 1160. The fourth-order valence-electron chi connectivity index (χ4n) is 4.02. The number of rotatable bonds is 7. The van der Waals surface area contributed by atoms with Gasteiger partial charge in [-0.15, -0.1) is 0 Å². The minimum Gasteiger partial charge on any atom is -0.497 e. The van der Waals surface area contributed by atoms with E-state index in [1.807, 2.05) is 66.2 Å². The summed E-state index contributed by atoms with van der Waals surface area (Å²) in [7, 11) is 3.21. The number of hydrogen-bond donors (Lipinski definition) is 0. The molecule has 6 nitrogen and oxygen atoms in total. The second-order valence-electron chi connectivity index (χ2n) is 8.40. The molecule has 0 aliphatic carbocycles. The van der Waals surface area contributed by atoms with Crippen molar-refractivity contribution in [1.29, 1.82) is 0 Å². The minimum absolute atomic E-state index is 0.372. The van der Waals surface area contributed by atoms with Gasteiger partial charge in [-0.05, 0) is 41.8 Å². The van der Waals surface area contributed by atoms with Gasteiger partial charge in [0.05, 0.1) is 26.5 Å². The van der Waals surface area contributed by atoms with E-state index in [4.69, 9.17) is 14.2 Å². The van der Waals surface area contributed by atoms with E-state index in [1.165, 1.54) is 0 Å². The van der Waals surface area contributed by atoms with Gasteiger partial charge in [0.2, 0.25) is 5.90 Å². The van der Waals surface area contributed by atoms with Crippen LogP contribution in [0.15, 0.2) is 66.2 Å². The average Bonchev–Trinajstić information content (AvgIpc) is 3.23. The zero-order valence-electron chi connectivity index (χ0n) is 19.9. The van der Waals surface area contributed by atoms with Crippen LogP contribution >= 0.6 is 0 Å². The fourth-order valence-corrected chi connectivity index (χ4v) is 4.02. The first-order valence-electron chi connectivity index (χ1n) is 11.3. The molecule has 0 atom stereocenters. The SMILES string of the molecule is C=C(N=C(OC)c1cc(C)n(Cc2ccc(OC)cc2)n1)c1ccc(C2(F)CCOCC2)cc1. The molecule has 34 heavy (non-hydrogen) atoms. The number of ether oxygens (including phenoxy) is 3. The summed E-state index contributed by atoms with van der Waals surface area (Å²) in [5.41, 5.74) is 3.35. The van der Waals surface area contributed by atoms with E-state index in [2.05, 4.69) is 16.7 Å². The van der Waals surface area contributed by atoms with Crippen molar-refractivity contribution in [2.24, 2.45) is 4.99 Å². The van der Waals surface area contributed by atoms with Gasteiger partial charge in [-0.3, -0.25) is 4.68 Å². The summed E-state index contributed by atoms with van der Waals surface area (Å²) in [4.78, 5) is 4.57. The highest BCUT2D eigenvalue weighted by molar-refractivity contribution is 5.95. The summed E-state index contributed by atoms with van der Waals surface area (Å²) in [6.45, 7) is 7.57. The normalized spacial score (nSPS) is 15.7. The van der Waals surface area contributed by atoms with Crippen LogP contribution in [-0.4, -0.2) is 43.1 Å². The van der Waals surface area contributed by atoms with Crippen LogP contribution in [0.3, 0.4) is 0 Å². The summed E-state index contributed by atoms with van der Waals surface area (Å²) in [5, 5.41) is 4.68. The number of hydrogen-bond acceptors (Lipinski definition) is 5. The molecule has 0 N–H and O–H groups in total. The minimum atomic E-state index is -1.34. The molecule has 7 heteroatoms. The first-order chi connectivity index (χ1) is 16.4. The predicted octanol–water partition coefficient (Wildman–Crippen LogP) is 5.29. The molecule has 1 aliphatic heterocycles. The molecule has 1 fully saturated rings. The third-order valence-corrected chi connectivity index (χ3v) is 6.14. The molecule has 2 heterocycles. The van der Waals surface area contributed by atoms with Crippen molar-refractivity contribution in [3.63, 3.8) is 0 Å². The third kappa shape index (κ3) is 5.20. The van der Waals surface area contributed by atoms with Crippen LogP contribution < -0.4 is 4.74 Å². The molecule has 2 aromatic carbocycles. The van der Waals surface area contributed by atoms with Gasteiger partial charge < -0.3 is 14.2 Å². The van der Waals surface area contributed by atoms with Gasteiger partial charge in [0.15, 0.2) is 0 Å². The van der Waals surface area contributed by atoms with Gasteiger partial charge in [-0.1, -0.05) is 43.0 Å². The van der Waals surface area contributed by atoms with Gasteiger partial charge in [0.1, 0.15) is 17.1 Å². The number of alkyl halides is 1. The van der Waals surface area contributed by atoms with Crippen LogP contribution in [-0.2, 0) is 21.7 Å². The molecule has 0 bridgehead atoms. The zero-order chi connectivity index (χ0) is 24.1. The molecule has 0 saturated carbocycles. The summed E-state index contributed by atoms with van der Waals surface area (Å²) < 4.78 is 33.1. The van der Waals surface area contributed by atoms with Crippen LogP contribution in [0.4, 0.5) is 4.39 Å². The number of aliphatic imine (C=N–C) groups is 1. The van der Waals surface area contributed by atoms with E-state index < -0.39 is 5.67 Å². The largest absolute Gasteiger partial charge is 0.497 e. The summed E-state index contributed by atoms with van der Waals surface area (Å²) in [6.07, 6.45) is 0.746. The maximum absolute atomic E-state index is 15.2. The Morgan fingerprint density at radius 3 is 2.41 bits per heavy atom. The van der Waals surface area contributed by atoms with E-state index in [0.717, 1.165) is 22.6 Å². The molecular weight excluding hydrogens is 433 g/mol. The third-order valence-electron chi connectivity index (χ3n) is 6.14. The van der Waals surface area contributed by atoms with Gasteiger partial charge in [0, 0.05) is 31.7 Å². The standard InChI is InChI=1S/C27H30FN3O3/c1-19-17-25(30-31(19)18-21-5-11-24(32-3)12-6-21)26(33-4)29-20(2)22-7-9-23(10-8-22)27(28)13-15-34-16-14-27/h5-12,17H,2,13-16,18H2,1,3-4H3. The topological polar surface area (TPSA) is 57.9 Å². The summed E-state index contributed by atoms with van der Waals surface area (Å²) >= 11 is 0. The lowest BCUT2D eigenvalue weighted by atomic mass is 9.88. The number of halogens is 1. The second-order valence-corrected chi connectivity index (χ2v) is 8.40. The first kappa shape index (κ1) is 23.7. The smallest absolute Gasteiger partial charge is 0.242 e. The Kier molecular flexibility index (Phi) is 7.12. The molecule has 1 saturated heterocycles. The molecular formula is C27H30FN3O3. The molecule has 1 aromatic heterocycles. The Morgan fingerprint density at radius 2 is 1.79 bits per heavy atom. The van der Waals surface area contributed by atoms with Crippen LogP contribution in [0.2, 0.25) is 0 Å². The lowest BCUT2D eigenvalue weighted by Crippen LogP contribution is -2.29. The Morgan fingerprint density at radius 1 is 1.12 bits per heavy atom. The molecule has 0 spiro atoms. The van der Waals surface area contributed by atoms with Crippen LogP contribution in [0.25, 0.3) is 5.70 Å². The van der Waals surface area contributed by atoms with E-state index in [1.54, 1.807) is 14.2 Å². The van der Waals surface area contributed by atoms with E-state index >= 15 is 4.39 Å². The molecule has 1 aliphatic rings.